The Labute approximate surface area is 178 Å². The van der Waals surface area contributed by atoms with Gasteiger partial charge < -0.3 is 9.84 Å². The van der Waals surface area contributed by atoms with Gasteiger partial charge in [0.15, 0.2) is 5.78 Å². The minimum atomic E-state index is -0.307. The van der Waals surface area contributed by atoms with Gasteiger partial charge in [-0.25, -0.2) is 0 Å². The summed E-state index contributed by atoms with van der Waals surface area (Å²) in [6.07, 6.45) is 14.0. The molecule has 0 aromatic rings. The third kappa shape index (κ3) is 1.98. The summed E-state index contributed by atoms with van der Waals surface area (Å²) in [6, 6.07) is 0. The molecule has 0 spiro atoms. The zero-order valence-electron chi connectivity index (χ0n) is 17.9. The lowest BCUT2D eigenvalue weighted by molar-refractivity contribution is -0.656. The molecule has 0 heterocycles. The summed E-state index contributed by atoms with van der Waals surface area (Å²) in [7, 11) is 1.41. The number of allylic oxidation sites excluding steroid dienone is 5. The van der Waals surface area contributed by atoms with Crippen molar-refractivity contribution in [3.63, 3.8) is 0 Å². The topological polar surface area (TPSA) is 63.6 Å². The predicted octanol–water partition coefficient (Wildman–Crippen LogP) is 3.86. The van der Waals surface area contributed by atoms with Gasteiger partial charge in [0.2, 0.25) is 0 Å². The lowest BCUT2D eigenvalue weighted by Crippen LogP contribution is -3.09. The van der Waals surface area contributed by atoms with E-state index in [1.54, 1.807) is 6.08 Å². The average Bonchev–Trinajstić information content (AvgIpc) is 3.10. The number of ketones is 1. The minimum Gasteiger partial charge on any atom is -0.469 e. The number of esters is 1. The molecule has 1 N–H and O–H groups in total. The van der Waals surface area contributed by atoms with Crippen molar-refractivity contribution in [3.05, 3.63) is 36.0 Å². The molecule has 7 aliphatic rings. The van der Waals surface area contributed by atoms with Crippen molar-refractivity contribution in [3.8, 4) is 0 Å². The van der Waals surface area contributed by atoms with Crippen molar-refractivity contribution in [2.45, 2.75) is 51.6 Å². The molecule has 7 rings (SSSR count). The molecule has 0 aromatic heterocycles. The zero-order valence-corrected chi connectivity index (χ0v) is 17.9. The van der Waals surface area contributed by atoms with Crippen LogP contribution in [0.4, 0.5) is 0 Å². The second kappa shape index (κ2) is 6.18. The number of hydrogen-bond acceptors (Lipinski definition) is 4. The van der Waals surface area contributed by atoms with Gasteiger partial charge >= 0.3 is 5.97 Å². The Kier molecular flexibility index (Phi) is 3.92. The average molecular weight is 409 g/mol. The zero-order chi connectivity index (χ0) is 20.8. The minimum absolute atomic E-state index is 0.0932. The number of rotatable bonds is 10. The van der Waals surface area contributed by atoms with E-state index >= 15 is 0 Å². The SMILES string of the molecule is COC(=O)CCCC=CCC1C=CC(=O)C1=CCC(O)CC12C3C4C1C1C2C3C41C. The van der Waals surface area contributed by atoms with Crippen LogP contribution < -0.4 is 0 Å². The molecule has 0 aromatic carbocycles. The highest BCUT2D eigenvalue weighted by molar-refractivity contribution is 6.07. The molecule has 6 saturated carbocycles. The van der Waals surface area contributed by atoms with Gasteiger partial charge in [-0.05, 0) is 84.5 Å². The van der Waals surface area contributed by atoms with Gasteiger partial charge in [0, 0.05) is 17.9 Å². The van der Waals surface area contributed by atoms with E-state index in [-0.39, 0.29) is 23.8 Å². The standard InChI is InChI=1S/C26H32O4/c1-25-19-22-20(25)24-21(25)23(19)26(22,24)13-15(27)10-11-16-14(9-12-17(16)28)7-5-3-4-6-8-18(29)30-2/h3,5,9,11-12,14-15,19-24,27H,4,6-8,10,13H2,1-2H3. The second-order valence-corrected chi connectivity index (χ2v) is 10.9. The van der Waals surface area contributed by atoms with Gasteiger partial charge in [0.1, 0.15) is 0 Å². The first-order valence-corrected chi connectivity index (χ1v) is 11.8. The Bertz CT molecular complexity index is 839. The van der Waals surface area contributed by atoms with Gasteiger partial charge in [0.25, 0.3) is 0 Å². The highest BCUT2D eigenvalue weighted by atomic mass is 16.5. The molecule has 4 heteroatoms. The smallest absolute Gasteiger partial charge is 0.305 e. The van der Waals surface area contributed by atoms with E-state index in [9.17, 15) is 14.7 Å². The molecule has 2 atom stereocenters. The maximum absolute atomic E-state index is 12.3. The van der Waals surface area contributed by atoms with Crippen LogP contribution in [0, 0.1) is 52.3 Å². The maximum Gasteiger partial charge on any atom is 0.305 e. The van der Waals surface area contributed by atoms with E-state index in [1.165, 1.54) is 7.11 Å². The highest BCUT2D eigenvalue weighted by Gasteiger charge is 3.07. The van der Waals surface area contributed by atoms with E-state index in [1.807, 2.05) is 12.2 Å². The largest absolute Gasteiger partial charge is 0.469 e. The Morgan fingerprint density at radius 2 is 1.90 bits per heavy atom. The lowest BCUT2D eigenvalue weighted by atomic mass is 8.92. The normalized spacial score (nSPS) is 49.8. The molecule has 2 unspecified atom stereocenters. The van der Waals surface area contributed by atoms with Crippen molar-refractivity contribution < 1.29 is 19.4 Å². The van der Waals surface area contributed by atoms with Crippen LogP contribution in [-0.4, -0.2) is 30.1 Å². The first kappa shape index (κ1) is 19.0. The van der Waals surface area contributed by atoms with Crippen molar-refractivity contribution in [2.24, 2.45) is 52.3 Å². The number of carbonyl (C=O) groups is 2. The molecule has 0 saturated heterocycles. The van der Waals surface area contributed by atoms with Crippen LogP contribution in [-0.2, 0) is 14.3 Å². The number of hydrogen-bond donors (Lipinski definition) is 1. The van der Waals surface area contributed by atoms with E-state index in [0.717, 1.165) is 72.2 Å². The van der Waals surface area contributed by atoms with Crippen LogP contribution in [0.1, 0.15) is 45.4 Å². The van der Waals surface area contributed by atoms with E-state index in [2.05, 4.69) is 23.8 Å². The third-order valence-corrected chi connectivity index (χ3v) is 10.2. The fourth-order valence-corrected chi connectivity index (χ4v) is 9.32. The number of ether oxygens (including phenoxy) is 1. The Morgan fingerprint density at radius 1 is 1.20 bits per heavy atom. The molecule has 0 radical (unpaired) electrons. The summed E-state index contributed by atoms with van der Waals surface area (Å²) in [5.74, 6) is 5.88. The molecule has 6 fully saturated rings. The molecular formula is C26H32O4. The second-order valence-electron chi connectivity index (χ2n) is 10.9. The maximum atomic E-state index is 12.3. The van der Waals surface area contributed by atoms with E-state index < -0.39 is 0 Å². The molecule has 0 bridgehead atoms. The van der Waals surface area contributed by atoms with Crippen molar-refractivity contribution in [1.82, 2.24) is 0 Å². The fraction of sp³-hybridized carbons (Fsp3) is 0.692. The Morgan fingerprint density at radius 3 is 2.57 bits per heavy atom. The summed E-state index contributed by atoms with van der Waals surface area (Å²) in [6.45, 7) is 2.51. The summed E-state index contributed by atoms with van der Waals surface area (Å²) < 4.78 is 4.64. The van der Waals surface area contributed by atoms with E-state index in [4.69, 9.17) is 0 Å². The summed E-state index contributed by atoms with van der Waals surface area (Å²) in [5.41, 5.74) is 2.09. The van der Waals surface area contributed by atoms with E-state index in [0.29, 0.717) is 18.3 Å². The summed E-state index contributed by atoms with van der Waals surface area (Å²) in [5, 5.41) is 10.8. The molecule has 0 amide bonds. The van der Waals surface area contributed by atoms with Crippen LogP contribution in [0.5, 0.6) is 0 Å². The van der Waals surface area contributed by atoms with Crippen molar-refractivity contribution in [2.75, 3.05) is 7.11 Å². The highest BCUT2D eigenvalue weighted by Crippen LogP contribution is 3.10. The fourth-order valence-electron chi connectivity index (χ4n) is 9.32. The third-order valence-electron chi connectivity index (χ3n) is 10.2. The van der Waals surface area contributed by atoms with Crippen LogP contribution in [0.3, 0.4) is 0 Å². The summed E-state index contributed by atoms with van der Waals surface area (Å²) >= 11 is 0. The lowest BCUT2D eigenvalue weighted by Gasteiger charge is -3.12. The number of aliphatic hydroxyl groups excluding tert-OH is 1. The Balaban J connectivity index is 0.984. The molecule has 4 nitrogen and oxygen atoms in total. The van der Waals surface area contributed by atoms with Crippen molar-refractivity contribution in [1.29, 1.82) is 0 Å². The first-order valence-electron chi connectivity index (χ1n) is 11.8. The van der Waals surface area contributed by atoms with Crippen LogP contribution in [0.15, 0.2) is 36.0 Å². The number of carbonyl (C=O) groups excluding carboxylic acids is 2. The molecule has 7 aliphatic carbocycles. The van der Waals surface area contributed by atoms with Crippen LogP contribution in [0.2, 0.25) is 0 Å². The van der Waals surface area contributed by atoms with Crippen LogP contribution in [0.25, 0.3) is 0 Å². The van der Waals surface area contributed by atoms with Gasteiger partial charge in [-0.3, -0.25) is 9.59 Å². The molecule has 30 heavy (non-hydrogen) atoms. The first-order chi connectivity index (χ1) is 14.5. The van der Waals surface area contributed by atoms with Gasteiger partial charge in [-0.2, -0.15) is 0 Å². The van der Waals surface area contributed by atoms with Crippen molar-refractivity contribution >= 4 is 11.8 Å². The molecular weight excluding hydrogens is 376 g/mol. The summed E-state index contributed by atoms with van der Waals surface area (Å²) in [4.78, 5) is 23.4. The van der Waals surface area contributed by atoms with Crippen LogP contribution >= 0.6 is 0 Å². The Hall–Kier alpha value is -1.68. The molecule has 0 aliphatic heterocycles. The predicted molar refractivity (Wildman–Crippen MR) is 112 cm³/mol. The van der Waals surface area contributed by atoms with Gasteiger partial charge in [-0.15, -0.1) is 0 Å². The quantitative estimate of drug-likeness (QED) is 0.258. The monoisotopic (exact) mass is 408 g/mol. The van der Waals surface area contributed by atoms with Gasteiger partial charge in [0.05, 0.1) is 13.2 Å². The number of methoxy groups -OCH3 is 1. The number of unbranched alkanes of at least 4 members (excludes halogenated alkanes) is 1. The number of aliphatic hydroxyl groups is 1. The molecule has 160 valence electrons. The van der Waals surface area contributed by atoms with Gasteiger partial charge in [-0.1, -0.05) is 31.2 Å².